The van der Waals surface area contributed by atoms with Gasteiger partial charge in [-0.05, 0) is 66.8 Å². The summed E-state index contributed by atoms with van der Waals surface area (Å²) < 4.78 is 39.1. The third-order valence-electron chi connectivity index (χ3n) is 12.4. The van der Waals surface area contributed by atoms with Crippen molar-refractivity contribution in [3.63, 3.8) is 0 Å². The van der Waals surface area contributed by atoms with E-state index in [9.17, 15) is 18.8 Å². The van der Waals surface area contributed by atoms with Crippen molar-refractivity contribution >= 4 is 53.7 Å². The van der Waals surface area contributed by atoms with E-state index >= 15 is 4.39 Å². The maximum atomic E-state index is 15.8. The SMILES string of the molecule is Cc1cc(C2CCCC(CC3c4nc(-c5ccccc5)cn4CCN3C(=O)C(N)CS)C2)ccc1-c1c2cc(F)c(=O)cc-2oc2cc(NCCNC(=O)C(N)CS)c(F)cc12. The van der Waals surface area contributed by atoms with Crippen molar-refractivity contribution in [1.82, 2.24) is 19.8 Å². The number of aryl methyl sites for hydroxylation is 1. The molecule has 5 unspecified atom stereocenters. The average Bonchev–Trinajstić information content (AvgIpc) is 3.73. The van der Waals surface area contributed by atoms with Crippen LogP contribution in [0, 0.1) is 24.5 Å². The lowest BCUT2D eigenvalue weighted by Crippen LogP contribution is -2.50. The summed E-state index contributed by atoms with van der Waals surface area (Å²) in [5.41, 5.74) is 17.3. The second-order valence-corrected chi connectivity index (χ2v) is 17.2. The zero-order valence-electron chi connectivity index (χ0n) is 34.5. The van der Waals surface area contributed by atoms with Crippen LogP contribution in [0.3, 0.4) is 0 Å². The van der Waals surface area contributed by atoms with Crippen LogP contribution in [0.25, 0.3) is 44.7 Å². The fourth-order valence-corrected chi connectivity index (χ4v) is 9.52. The summed E-state index contributed by atoms with van der Waals surface area (Å²) in [6, 6.07) is 19.8. The number of nitrogens with one attached hydrogen (secondary N) is 2. The van der Waals surface area contributed by atoms with Gasteiger partial charge in [0.15, 0.2) is 5.82 Å². The normalized spacial score (nSPS) is 18.7. The minimum Gasteiger partial charge on any atom is -0.456 e. The first-order chi connectivity index (χ1) is 29.9. The number of carbonyl (C=O) groups excluding carboxylic acids is 2. The molecule has 0 spiro atoms. The van der Waals surface area contributed by atoms with Crippen LogP contribution in [0.5, 0.6) is 0 Å². The summed E-state index contributed by atoms with van der Waals surface area (Å²) in [6.45, 7) is 3.56. The fourth-order valence-electron chi connectivity index (χ4n) is 9.20. The molecule has 2 aliphatic heterocycles. The van der Waals surface area contributed by atoms with Gasteiger partial charge >= 0.3 is 0 Å². The van der Waals surface area contributed by atoms with E-state index in [2.05, 4.69) is 58.8 Å². The van der Waals surface area contributed by atoms with E-state index in [1.54, 1.807) is 0 Å². The molecule has 11 nitrogen and oxygen atoms in total. The van der Waals surface area contributed by atoms with Gasteiger partial charge in [0.1, 0.15) is 23.0 Å². The zero-order valence-corrected chi connectivity index (χ0v) is 36.2. The van der Waals surface area contributed by atoms with Gasteiger partial charge in [-0.15, -0.1) is 0 Å². The van der Waals surface area contributed by atoms with Gasteiger partial charge in [0, 0.05) is 78.1 Å². The highest BCUT2D eigenvalue weighted by molar-refractivity contribution is 7.80. The molecule has 15 heteroatoms. The molecule has 3 aromatic carbocycles. The number of anilines is 1. The smallest absolute Gasteiger partial charge is 0.241 e. The Hall–Kier alpha value is -5.22. The molecular formula is C47H51F2N7O4S2. The molecule has 1 aromatic heterocycles. The van der Waals surface area contributed by atoms with Crippen molar-refractivity contribution in [2.75, 3.05) is 36.5 Å². The van der Waals surface area contributed by atoms with Gasteiger partial charge in [-0.25, -0.2) is 13.8 Å². The molecule has 2 amide bonds. The largest absolute Gasteiger partial charge is 0.456 e. The van der Waals surface area contributed by atoms with Crippen LogP contribution >= 0.6 is 25.3 Å². The Kier molecular flexibility index (Phi) is 13.1. The van der Waals surface area contributed by atoms with E-state index < -0.39 is 29.1 Å². The third-order valence-corrected chi connectivity index (χ3v) is 13.2. The third kappa shape index (κ3) is 8.85. The van der Waals surface area contributed by atoms with E-state index in [1.807, 2.05) is 48.2 Å². The van der Waals surface area contributed by atoms with Crippen molar-refractivity contribution in [3.05, 3.63) is 118 Å². The average molecular weight is 880 g/mol. The maximum Gasteiger partial charge on any atom is 0.241 e. The first kappa shape index (κ1) is 43.4. The quantitative estimate of drug-likeness (QED) is 0.0400. The highest BCUT2D eigenvalue weighted by Gasteiger charge is 2.38. The van der Waals surface area contributed by atoms with E-state index in [0.717, 1.165) is 72.4 Å². The molecule has 8 rings (SSSR count). The Morgan fingerprint density at radius 3 is 2.48 bits per heavy atom. The van der Waals surface area contributed by atoms with Crippen LogP contribution in [0.4, 0.5) is 14.5 Å². The van der Waals surface area contributed by atoms with Gasteiger partial charge in [-0.1, -0.05) is 61.4 Å². The standard InChI is InChI=1S/C47H51F2N7O4S2/c1-26-16-30(29-9-5-6-27(17-29)18-40-45-54-39(28-7-3-2-4-8-28)23-55(45)14-15-56(40)47(59)37(51)25-62)10-11-31(26)44-32-19-34(48)38(52-12-13-53-46(58)36(50)24-61)21-42(32)60-43-22-41(57)35(49)20-33(43)44/h2-4,7-8,10-11,16,19-23,27,29,36-37,40,52,61-62H,5-6,9,12-15,17-18,24-25,50-51H2,1H3,(H,53,58). The van der Waals surface area contributed by atoms with Crippen LogP contribution in [-0.2, 0) is 16.1 Å². The van der Waals surface area contributed by atoms with Crippen molar-refractivity contribution < 1.29 is 22.8 Å². The summed E-state index contributed by atoms with van der Waals surface area (Å²) in [5, 5.41) is 6.10. The number of rotatable bonds is 13. The minimum atomic E-state index is -0.932. The number of thiol groups is 2. The fraction of sp³-hybridized carbons (Fsp3) is 0.362. The lowest BCUT2D eigenvalue weighted by atomic mass is 9.75. The number of benzene rings is 4. The highest BCUT2D eigenvalue weighted by atomic mass is 32.1. The summed E-state index contributed by atoms with van der Waals surface area (Å²) in [5.74, 6) is 0.0848. The molecule has 4 aliphatic rings. The molecule has 2 aliphatic carbocycles. The maximum absolute atomic E-state index is 15.8. The molecule has 5 atom stereocenters. The van der Waals surface area contributed by atoms with Gasteiger partial charge < -0.3 is 36.0 Å². The van der Waals surface area contributed by atoms with Gasteiger partial charge in [0.05, 0.1) is 29.5 Å². The number of fused-ring (bicyclic) bond motifs is 3. The Labute approximate surface area is 369 Å². The van der Waals surface area contributed by atoms with Gasteiger partial charge in [-0.2, -0.15) is 25.3 Å². The number of imidazole rings is 1. The number of halogens is 2. The number of aromatic nitrogens is 2. The second kappa shape index (κ2) is 18.6. The van der Waals surface area contributed by atoms with Crippen LogP contribution in [0.2, 0.25) is 0 Å². The molecule has 4 aromatic rings. The molecule has 0 radical (unpaired) electrons. The number of nitrogens with two attached hydrogens (primary N) is 2. The molecule has 0 bridgehead atoms. The van der Waals surface area contributed by atoms with Crippen LogP contribution in [0.1, 0.15) is 61.0 Å². The molecule has 0 saturated heterocycles. The Morgan fingerprint density at radius 1 is 0.935 bits per heavy atom. The summed E-state index contributed by atoms with van der Waals surface area (Å²) >= 11 is 8.40. The van der Waals surface area contributed by atoms with E-state index in [0.29, 0.717) is 41.1 Å². The van der Waals surface area contributed by atoms with Crippen molar-refractivity contribution in [2.45, 2.75) is 69.6 Å². The molecule has 324 valence electrons. The predicted octanol–water partition coefficient (Wildman–Crippen LogP) is 7.30. The van der Waals surface area contributed by atoms with E-state index in [4.69, 9.17) is 20.9 Å². The molecule has 3 heterocycles. The van der Waals surface area contributed by atoms with Crippen molar-refractivity contribution in [1.29, 1.82) is 0 Å². The number of amides is 2. The van der Waals surface area contributed by atoms with Crippen LogP contribution in [-0.4, -0.2) is 69.5 Å². The van der Waals surface area contributed by atoms with E-state index in [1.165, 1.54) is 17.7 Å². The molecular weight excluding hydrogens is 829 g/mol. The van der Waals surface area contributed by atoms with Crippen molar-refractivity contribution in [2.24, 2.45) is 17.4 Å². The summed E-state index contributed by atoms with van der Waals surface area (Å²) in [6.07, 6.45) is 6.81. The Bertz CT molecular complexity index is 2640. The molecule has 6 N–H and O–H groups in total. The molecule has 1 fully saturated rings. The number of hydrogen-bond acceptors (Lipinski definition) is 10. The first-order valence-electron chi connectivity index (χ1n) is 21.1. The van der Waals surface area contributed by atoms with Crippen LogP contribution < -0.4 is 27.5 Å². The summed E-state index contributed by atoms with van der Waals surface area (Å²) in [7, 11) is 0. The van der Waals surface area contributed by atoms with E-state index in [-0.39, 0.29) is 59.8 Å². The topological polar surface area (TPSA) is 162 Å². The second-order valence-electron chi connectivity index (χ2n) is 16.5. The van der Waals surface area contributed by atoms with Crippen LogP contribution in [0.15, 0.2) is 88.2 Å². The van der Waals surface area contributed by atoms with Crippen molar-refractivity contribution in [3.8, 4) is 33.7 Å². The molecule has 1 saturated carbocycles. The monoisotopic (exact) mass is 879 g/mol. The predicted molar refractivity (Wildman–Crippen MR) is 246 cm³/mol. The van der Waals surface area contributed by atoms with Gasteiger partial charge in [0.25, 0.3) is 0 Å². The summed E-state index contributed by atoms with van der Waals surface area (Å²) in [4.78, 5) is 45.3. The Morgan fingerprint density at radius 2 is 1.73 bits per heavy atom. The minimum absolute atomic E-state index is 0.109. The highest BCUT2D eigenvalue weighted by Crippen LogP contribution is 2.46. The Balaban J connectivity index is 1.07. The zero-order chi connectivity index (χ0) is 43.7. The lowest BCUT2D eigenvalue weighted by Gasteiger charge is -2.40. The molecule has 62 heavy (non-hydrogen) atoms. The number of carbonyl (C=O) groups is 2. The van der Waals surface area contributed by atoms with Gasteiger partial charge in [0.2, 0.25) is 17.2 Å². The lowest BCUT2D eigenvalue weighted by molar-refractivity contribution is -0.136. The van der Waals surface area contributed by atoms with Gasteiger partial charge in [-0.3, -0.25) is 14.4 Å². The number of nitrogens with zero attached hydrogens (tertiary/aromatic N) is 3. The number of hydrogen-bond donors (Lipinski definition) is 6. The first-order valence-corrected chi connectivity index (χ1v) is 22.4.